The highest BCUT2D eigenvalue weighted by atomic mass is 15.2. The molecule has 0 saturated heterocycles. The molecule has 0 rings (SSSR count). The zero-order valence-corrected chi connectivity index (χ0v) is 11.6. The molecule has 6 heteroatoms. The van der Waals surface area contributed by atoms with Crippen LogP contribution in [0.25, 0.3) is 0 Å². The lowest BCUT2D eigenvalue weighted by Gasteiger charge is -2.31. The molecule has 9 N–H and O–H groups in total. The second-order valence-corrected chi connectivity index (χ2v) is 4.54. The predicted molar refractivity (Wildman–Crippen MR) is 78.3 cm³/mol. The molecule has 0 amide bonds. The van der Waals surface area contributed by atoms with E-state index in [0.29, 0.717) is 19.1 Å². The Morgan fingerprint density at radius 2 is 1.44 bits per heavy atom. The van der Waals surface area contributed by atoms with Crippen LogP contribution in [0.2, 0.25) is 0 Å². The Labute approximate surface area is 111 Å². The van der Waals surface area contributed by atoms with Gasteiger partial charge in [-0.25, -0.2) is 0 Å². The van der Waals surface area contributed by atoms with Crippen LogP contribution in [0.4, 0.5) is 0 Å². The fourth-order valence-electron chi connectivity index (χ4n) is 2.07. The van der Waals surface area contributed by atoms with Gasteiger partial charge in [0.25, 0.3) is 0 Å². The number of hydrogen-bond donors (Lipinski definition) is 5. The van der Waals surface area contributed by atoms with E-state index in [9.17, 15) is 0 Å². The van der Waals surface area contributed by atoms with Gasteiger partial charge in [-0.2, -0.15) is 0 Å². The van der Waals surface area contributed by atoms with Crippen LogP contribution in [0.3, 0.4) is 0 Å². The summed E-state index contributed by atoms with van der Waals surface area (Å²) in [5.41, 5.74) is 22.4. The van der Waals surface area contributed by atoms with Gasteiger partial charge in [0.1, 0.15) is 0 Å². The van der Waals surface area contributed by atoms with E-state index in [2.05, 4.69) is 10.2 Å². The molecular formula is C12H32N6. The van der Waals surface area contributed by atoms with Crippen LogP contribution in [0.1, 0.15) is 19.3 Å². The summed E-state index contributed by atoms with van der Waals surface area (Å²) in [7, 11) is 0. The summed E-state index contributed by atoms with van der Waals surface area (Å²) < 4.78 is 0. The Balaban J connectivity index is 4.13. The molecule has 0 aliphatic carbocycles. The number of rotatable bonds is 13. The molecule has 18 heavy (non-hydrogen) atoms. The average Bonchev–Trinajstić information content (AvgIpc) is 2.38. The van der Waals surface area contributed by atoms with E-state index in [-0.39, 0.29) is 0 Å². The Morgan fingerprint density at radius 1 is 0.833 bits per heavy atom. The Kier molecular flexibility index (Phi) is 13.0. The second-order valence-electron chi connectivity index (χ2n) is 4.54. The highest BCUT2D eigenvalue weighted by Gasteiger charge is 2.16. The minimum atomic E-state index is 0.471. The maximum Gasteiger partial charge on any atom is 0.0222 e. The monoisotopic (exact) mass is 260 g/mol. The molecule has 0 fully saturated rings. The van der Waals surface area contributed by atoms with Crippen molar-refractivity contribution in [3.8, 4) is 0 Å². The number of hydrogen-bond acceptors (Lipinski definition) is 6. The third-order valence-corrected chi connectivity index (χ3v) is 3.03. The highest BCUT2D eigenvalue weighted by Crippen LogP contribution is 2.05. The van der Waals surface area contributed by atoms with Gasteiger partial charge in [-0.05, 0) is 38.9 Å². The first-order chi connectivity index (χ1) is 8.79. The van der Waals surface area contributed by atoms with Crippen LogP contribution in [0.15, 0.2) is 0 Å². The van der Waals surface area contributed by atoms with E-state index in [0.717, 1.165) is 58.5 Å². The molecule has 0 aliphatic heterocycles. The molecule has 6 nitrogen and oxygen atoms in total. The summed E-state index contributed by atoms with van der Waals surface area (Å²) in [6.07, 6.45) is 3.14. The Morgan fingerprint density at radius 3 is 1.94 bits per heavy atom. The highest BCUT2D eigenvalue weighted by molar-refractivity contribution is 4.75. The summed E-state index contributed by atoms with van der Waals surface area (Å²) in [6.45, 7) is 6.52. The van der Waals surface area contributed by atoms with Crippen molar-refractivity contribution in [2.75, 3.05) is 52.4 Å². The molecule has 0 bridgehead atoms. The first-order valence-electron chi connectivity index (χ1n) is 7.05. The van der Waals surface area contributed by atoms with E-state index >= 15 is 0 Å². The van der Waals surface area contributed by atoms with Gasteiger partial charge in [0.15, 0.2) is 0 Å². The number of nitrogens with one attached hydrogen (secondary N) is 1. The molecule has 0 spiro atoms. The van der Waals surface area contributed by atoms with Crippen LogP contribution >= 0.6 is 0 Å². The Bertz CT molecular complexity index is 161. The first kappa shape index (κ1) is 17.8. The minimum Gasteiger partial charge on any atom is -0.330 e. The van der Waals surface area contributed by atoms with Crippen molar-refractivity contribution in [1.29, 1.82) is 0 Å². The lowest BCUT2D eigenvalue weighted by molar-refractivity contribution is 0.190. The van der Waals surface area contributed by atoms with E-state index in [4.69, 9.17) is 22.9 Å². The smallest absolute Gasteiger partial charge is 0.0222 e. The van der Waals surface area contributed by atoms with Gasteiger partial charge in [-0.15, -0.1) is 0 Å². The van der Waals surface area contributed by atoms with E-state index in [1.165, 1.54) is 0 Å². The fourth-order valence-corrected chi connectivity index (χ4v) is 2.07. The van der Waals surface area contributed by atoms with Gasteiger partial charge in [-0.3, -0.25) is 4.90 Å². The maximum atomic E-state index is 5.66. The van der Waals surface area contributed by atoms with Gasteiger partial charge in [-0.1, -0.05) is 0 Å². The topological polar surface area (TPSA) is 119 Å². The summed E-state index contributed by atoms with van der Waals surface area (Å²) in [6, 6.07) is 0.471. The summed E-state index contributed by atoms with van der Waals surface area (Å²) in [5.74, 6) is 0. The van der Waals surface area contributed by atoms with Crippen LogP contribution in [0.5, 0.6) is 0 Å². The molecule has 0 heterocycles. The van der Waals surface area contributed by atoms with Crippen molar-refractivity contribution in [2.45, 2.75) is 25.3 Å². The third-order valence-electron chi connectivity index (χ3n) is 3.03. The van der Waals surface area contributed by atoms with E-state index in [1.807, 2.05) is 0 Å². The standard InChI is InChI=1S/C12H32N6/c13-4-1-3-12(11-17-8-2-5-14)18(9-6-15)10-7-16/h12,17H,1-11,13-16H2/t12-/m0/s1. The largest absolute Gasteiger partial charge is 0.330 e. The summed E-state index contributed by atoms with van der Waals surface area (Å²) >= 11 is 0. The SMILES string of the molecule is NCCCNC[C@H](CCCN)N(CCN)CCN. The molecular weight excluding hydrogens is 228 g/mol. The zero-order valence-electron chi connectivity index (χ0n) is 11.6. The van der Waals surface area contributed by atoms with Crippen LogP contribution < -0.4 is 28.3 Å². The maximum absolute atomic E-state index is 5.66. The van der Waals surface area contributed by atoms with Crippen LogP contribution in [0, 0.1) is 0 Å². The van der Waals surface area contributed by atoms with E-state index in [1.54, 1.807) is 0 Å². The van der Waals surface area contributed by atoms with Crippen molar-refractivity contribution in [3.63, 3.8) is 0 Å². The minimum absolute atomic E-state index is 0.471. The molecule has 1 atom stereocenters. The molecule has 0 unspecified atom stereocenters. The van der Waals surface area contributed by atoms with Crippen molar-refractivity contribution < 1.29 is 0 Å². The lowest BCUT2D eigenvalue weighted by atomic mass is 10.1. The summed E-state index contributed by atoms with van der Waals surface area (Å²) in [4.78, 5) is 2.37. The third kappa shape index (κ3) is 8.79. The van der Waals surface area contributed by atoms with Crippen molar-refractivity contribution in [2.24, 2.45) is 22.9 Å². The first-order valence-corrected chi connectivity index (χ1v) is 7.05. The molecule has 0 radical (unpaired) electrons. The van der Waals surface area contributed by atoms with Crippen LogP contribution in [-0.4, -0.2) is 63.3 Å². The molecule has 0 aromatic rings. The molecule has 110 valence electrons. The van der Waals surface area contributed by atoms with Crippen molar-refractivity contribution in [3.05, 3.63) is 0 Å². The normalized spacial score (nSPS) is 13.2. The number of nitrogens with two attached hydrogens (primary N) is 4. The fraction of sp³-hybridized carbons (Fsp3) is 1.00. The molecule has 0 aromatic heterocycles. The lowest BCUT2D eigenvalue weighted by Crippen LogP contribution is -2.47. The van der Waals surface area contributed by atoms with Crippen molar-refractivity contribution in [1.82, 2.24) is 10.2 Å². The average molecular weight is 260 g/mol. The van der Waals surface area contributed by atoms with Gasteiger partial charge < -0.3 is 28.3 Å². The quantitative estimate of drug-likeness (QED) is 0.251. The molecule has 0 aliphatic rings. The van der Waals surface area contributed by atoms with Gasteiger partial charge >= 0.3 is 0 Å². The molecule has 0 aromatic carbocycles. The van der Waals surface area contributed by atoms with Gasteiger partial charge in [0.2, 0.25) is 0 Å². The second kappa shape index (κ2) is 13.2. The van der Waals surface area contributed by atoms with E-state index < -0.39 is 0 Å². The predicted octanol–water partition coefficient (Wildman–Crippen LogP) is -1.75. The van der Waals surface area contributed by atoms with Crippen LogP contribution in [-0.2, 0) is 0 Å². The van der Waals surface area contributed by atoms with Gasteiger partial charge in [0, 0.05) is 38.8 Å². The zero-order chi connectivity index (χ0) is 13.6. The number of nitrogens with zero attached hydrogens (tertiary/aromatic N) is 1. The summed E-state index contributed by atoms with van der Waals surface area (Å²) in [5, 5.41) is 3.45. The Hall–Kier alpha value is -0.240. The van der Waals surface area contributed by atoms with Crippen molar-refractivity contribution >= 4 is 0 Å². The molecule has 0 saturated carbocycles. The van der Waals surface area contributed by atoms with Gasteiger partial charge in [0.05, 0.1) is 0 Å².